The van der Waals surface area contributed by atoms with Crippen LogP contribution in [0.25, 0.3) is 0 Å². The molecule has 1 atom stereocenters. The van der Waals surface area contributed by atoms with Gasteiger partial charge in [0, 0.05) is 38.0 Å². The molecule has 2 fully saturated rings. The quantitative estimate of drug-likeness (QED) is 0.840. The van der Waals surface area contributed by atoms with Crippen LogP contribution in [0, 0.1) is 5.92 Å². The molecule has 0 radical (unpaired) electrons. The molecule has 4 heteroatoms. The summed E-state index contributed by atoms with van der Waals surface area (Å²) < 4.78 is 5.83. The van der Waals surface area contributed by atoms with Crippen molar-refractivity contribution in [2.45, 2.75) is 77.0 Å². The molecule has 25 heavy (non-hydrogen) atoms. The number of nitrogens with zero attached hydrogens (tertiary/aromatic N) is 2. The summed E-state index contributed by atoms with van der Waals surface area (Å²) in [5, 5.41) is 3.69. The summed E-state index contributed by atoms with van der Waals surface area (Å²) in [6, 6.07) is 4.94. The first-order valence-corrected chi connectivity index (χ1v) is 10.1. The van der Waals surface area contributed by atoms with Crippen molar-refractivity contribution in [1.29, 1.82) is 0 Å². The van der Waals surface area contributed by atoms with E-state index in [-0.39, 0.29) is 5.60 Å². The van der Waals surface area contributed by atoms with Gasteiger partial charge in [-0.3, -0.25) is 0 Å². The number of ether oxygens (including phenoxy) is 1. The third-order valence-electron chi connectivity index (χ3n) is 5.87. The van der Waals surface area contributed by atoms with Crippen LogP contribution in [0.4, 0.5) is 5.82 Å². The average Bonchev–Trinajstić information content (AvgIpc) is 2.61. The predicted octanol–water partition coefficient (Wildman–Crippen LogP) is 4.15. The smallest absolute Gasteiger partial charge is 0.132 e. The van der Waals surface area contributed by atoms with Crippen LogP contribution in [0.5, 0.6) is 0 Å². The van der Waals surface area contributed by atoms with E-state index < -0.39 is 0 Å². The van der Waals surface area contributed by atoms with Gasteiger partial charge in [-0.05, 0) is 58.1 Å². The van der Waals surface area contributed by atoms with Crippen LogP contribution in [0.2, 0.25) is 0 Å². The maximum absolute atomic E-state index is 5.83. The normalized spacial score (nSPS) is 24.2. The van der Waals surface area contributed by atoms with Gasteiger partial charge in [0.2, 0.25) is 0 Å². The van der Waals surface area contributed by atoms with Crippen molar-refractivity contribution in [3.63, 3.8) is 0 Å². The maximum atomic E-state index is 5.83. The third-order valence-corrected chi connectivity index (χ3v) is 5.87. The zero-order valence-electron chi connectivity index (χ0n) is 16.3. The summed E-state index contributed by atoms with van der Waals surface area (Å²) in [5.74, 6) is 1.87. The van der Waals surface area contributed by atoms with Gasteiger partial charge in [0.25, 0.3) is 0 Å². The number of pyridine rings is 1. The molecule has 1 aromatic rings. The highest BCUT2D eigenvalue weighted by atomic mass is 16.5. The minimum absolute atomic E-state index is 0.0330. The Morgan fingerprint density at radius 1 is 1.24 bits per heavy atom. The zero-order valence-corrected chi connectivity index (χ0v) is 16.3. The third kappa shape index (κ3) is 5.18. The summed E-state index contributed by atoms with van der Waals surface area (Å²) in [5.41, 5.74) is 1.35. The van der Waals surface area contributed by atoms with Gasteiger partial charge in [0.15, 0.2) is 0 Å². The number of nitrogens with one attached hydrogen (secondary N) is 1. The van der Waals surface area contributed by atoms with Gasteiger partial charge in [-0.15, -0.1) is 0 Å². The SMILES string of the molecule is CN(c1ncccc1CNC[C@@H]1CCOC(C)(C)C1)C1CCCCC1. The van der Waals surface area contributed by atoms with Crippen LogP contribution in [-0.4, -0.2) is 36.8 Å². The van der Waals surface area contributed by atoms with Crippen LogP contribution >= 0.6 is 0 Å². The van der Waals surface area contributed by atoms with Crippen LogP contribution in [0.15, 0.2) is 18.3 Å². The Hall–Kier alpha value is -1.13. The number of hydrogen-bond acceptors (Lipinski definition) is 4. The van der Waals surface area contributed by atoms with Crippen molar-refractivity contribution in [3.8, 4) is 0 Å². The number of rotatable bonds is 6. The molecule has 1 aromatic heterocycles. The highest BCUT2D eigenvalue weighted by molar-refractivity contribution is 5.47. The van der Waals surface area contributed by atoms with Gasteiger partial charge < -0.3 is 15.0 Å². The maximum Gasteiger partial charge on any atom is 0.132 e. The average molecular weight is 346 g/mol. The topological polar surface area (TPSA) is 37.4 Å². The van der Waals surface area contributed by atoms with Crippen LogP contribution < -0.4 is 10.2 Å². The first-order chi connectivity index (χ1) is 12.1. The molecule has 0 amide bonds. The van der Waals surface area contributed by atoms with Crippen molar-refractivity contribution < 1.29 is 4.74 Å². The Kier molecular flexibility index (Phi) is 6.34. The largest absolute Gasteiger partial charge is 0.376 e. The van der Waals surface area contributed by atoms with Crippen molar-refractivity contribution in [1.82, 2.24) is 10.3 Å². The fourth-order valence-corrected chi connectivity index (χ4v) is 4.47. The fraction of sp³-hybridized carbons (Fsp3) is 0.762. The number of aromatic nitrogens is 1. The Morgan fingerprint density at radius 3 is 2.80 bits per heavy atom. The van der Waals surface area contributed by atoms with E-state index in [0.717, 1.165) is 38.4 Å². The first kappa shape index (κ1) is 18.7. The second kappa shape index (κ2) is 8.50. The zero-order chi connectivity index (χ0) is 17.7. The highest BCUT2D eigenvalue weighted by Gasteiger charge is 2.28. The van der Waals surface area contributed by atoms with Gasteiger partial charge in [0.05, 0.1) is 5.60 Å². The lowest BCUT2D eigenvalue weighted by molar-refractivity contribution is -0.0718. The molecule has 2 heterocycles. The summed E-state index contributed by atoms with van der Waals surface area (Å²) in [7, 11) is 2.23. The summed E-state index contributed by atoms with van der Waals surface area (Å²) >= 11 is 0. The number of anilines is 1. The van der Waals surface area contributed by atoms with Crippen LogP contribution in [0.3, 0.4) is 0 Å². The van der Waals surface area contributed by atoms with E-state index in [1.807, 2.05) is 6.20 Å². The monoisotopic (exact) mass is 345 g/mol. The summed E-state index contributed by atoms with van der Waals surface area (Å²) in [6.45, 7) is 7.27. The minimum atomic E-state index is 0.0330. The van der Waals surface area contributed by atoms with Crippen LogP contribution in [0.1, 0.15) is 64.4 Å². The summed E-state index contributed by atoms with van der Waals surface area (Å²) in [4.78, 5) is 7.13. The van der Waals surface area contributed by atoms with Gasteiger partial charge in [0.1, 0.15) is 5.82 Å². The molecule has 2 aliphatic rings. The number of hydrogen-bond donors (Lipinski definition) is 1. The molecule has 1 saturated heterocycles. The van der Waals surface area contributed by atoms with Crippen molar-refractivity contribution in [3.05, 3.63) is 23.9 Å². The molecule has 3 rings (SSSR count). The van der Waals surface area contributed by atoms with Crippen molar-refractivity contribution in [2.75, 3.05) is 25.1 Å². The van der Waals surface area contributed by atoms with E-state index in [1.165, 1.54) is 37.7 Å². The standard InChI is InChI=1S/C21H35N3O/c1-21(2)14-17(11-13-25-21)15-22-16-18-8-7-12-23-20(18)24(3)19-9-5-4-6-10-19/h7-8,12,17,19,22H,4-6,9-11,13-16H2,1-3H3/t17-/m1/s1. The molecular weight excluding hydrogens is 310 g/mol. The molecule has 1 saturated carbocycles. The molecule has 1 aliphatic carbocycles. The van der Waals surface area contributed by atoms with E-state index in [4.69, 9.17) is 9.72 Å². The minimum Gasteiger partial charge on any atom is -0.376 e. The van der Waals surface area contributed by atoms with E-state index in [0.29, 0.717) is 12.0 Å². The highest BCUT2D eigenvalue weighted by Crippen LogP contribution is 2.29. The van der Waals surface area contributed by atoms with Crippen molar-refractivity contribution >= 4 is 5.82 Å². The Labute approximate surface area is 153 Å². The van der Waals surface area contributed by atoms with E-state index in [9.17, 15) is 0 Å². The molecule has 0 unspecified atom stereocenters. The second-order valence-corrected chi connectivity index (χ2v) is 8.49. The van der Waals surface area contributed by atoms with Gasteiger partial charge >= 0.3 is 0 Å². The molecule has 0 bridgehead atoms. The summed E-state index contributed by atoms with van der Waals surface area (Å²) in [6.07, 6.45) is 10.9. The second-order valence-electron chi connectivity index (χ2n) is 8.49. The Morgan fingerprint density at radius 2 is 2.04 bits per heavy atom. The Balaban J connectivity index is 1.55. The molecule has 1 N–H and O–H groups in total. The molecule has 140 valence electrons. The molecule has 0 aromatic carbocycles. The predicted molar refractivity (Wildman–Crippen MR) is 104 cm³/mol. The molecular formula is C21H35N3O. The van der Waals surface area contributed by atoms with Gasteiger partial charge in [-0.1, -0.05) is 25.3 Å². The fourth-order valence-electron chi connectivity index (χ4n) is 4.47. The lowest BCUT2D eigenvalue weighted by Crippen LogP contribution is -2.38. The molecule has 1 aliphatic heterocycles. The Bertz CT molecular complexity index is 540. The molecule has 4 nitrogen and oxygen atoms in total. The van der Waals surface area contributed by atoms with Crippen LogP contribution in [-0.2, 0) is 11.3 Å². The van der Waals surface area contributed by atoms with E-state index in [2.05, 4.69) is 43.2 Å². The van der Waals surface area contributed by atoms with Gasteiger partial charge in [-0.2, -0.15) is 0 Å². The first-order valence-electron chi connectivity index (χ1n) is 10.1. The van der Waals surface area contributed by atoms with E-state index >= 15 is 0 Å². The lowest BCUT2D eigenvalue weighted by Gasteiger charge is -2.36. The van der Waals surface area contributed by atoms with Crippen molar-refractivity contribution in [2.24, 2.45) is 5.92 Å². The van der Waals surface area contributed by atoms with E-state index in [1.54, 1.807) is 0 Å². The molecule has 0 spiro atoms. The van der Waals surface area contributed by atoms with Gasteiger partial charge in [-0.25, -0.2) is 4.98 Å². The lowest BCUT2D eigenvalue weighted by atomic mass is 9.88.